The maximum absolute atomic E-state index is 12.9. The van der Waals surface area contributed by atoms with E-state index in [1.165, 1.54) is 16.7 Å². The summed E-state index contributed by atoms with van der Waals surface area (Å²) in [6, 6.07) is 6.48. The number of fused-ring (bicyclic) bond motifs is 1. The van der Waals surface area contributed by atoms with Gasteiger partial charge in [-0.05, 0) is 41.9 Å². The molecule has 1 aromatic carbocycles. The van der Waals surface area contributed by atoms with Gasteiger partial charge in [-0.1, -0.05) is 32.0 Å². The number of amides is 2. The molecule has 130 valence electrons. The van der Waals surface area contributed by atoms with Gasteiger partial charge in [-0.3, -0.25) is 9.59 Å². The van der Waals surface area contributed by atoms with E-state index < -0.39 is 0 Å². The Hall–Kier alpha value is -1.84. The summed E-state index contributed by atoms with van der Waals surface area (Å²) < 4.78 is 0. The predicted octanol–water partition coefficient (Wildman–Crippen LogP) is 2.95. The van der Waals surface area contributed by atoms with Gasteiger partial charge < -0.3 is 9.80 Å². The van der Waals surface area contributed by atoms with Crippen molar-refractivity contribution in [3.63, 3.8) is 0 Å². The molecular formula is C20H28N2O2. The van der Waals surface area contributed by atoms with Crippen molar-refractivity contribution in [1.82, 2.24) is 9.80 Å². The zero-order valence-corrected chi connectivity index (χ0v) is 15.0. The predicted molar refractivity (Wildman–Crippen MR) is 94.6 cm³/mol. The highest BCUT2D eigenvalue weighted by Crippen LogP contribution is 2.29. The first-order valence-electron chi connectivity index (χ1n) is 9.12. The third-order valence-corrected chi connectivity index (χ3v) is 5.45. The number of carbonyl (C=O) groups excluding carboxylic acids is 2. The Balaban J connectivity index is 1.72. The van der Waals surface area contributed by atoms with Gasteiger partial charge in [0.1, 0.15) is 0 Å². The van der Waals surface area contributed by atoms with Crippen molar-refractivity contribution < 1.29 is 9.59 Å². The van der Waals surface area contributed by atoms with Crippen LogP contribution in [0.25, 0.3) is 0 Å². The van der Waals surface area contributed by atoms with E-state index in [1.807, 2.05) is 9.80 Å². The molecule has 2 heterocycles. The van der Waals surface area contributed by atoms with Gasteiger partial charge in [0.15, 0.2) is 0 Å². The molecule has 0 bridgehead atoms. The molecule has 3 rings (SSSR count). The molecule has 0 aliphatic carbocycles. The van der Waals surface area contributed by atoms with Gasteiger partial charge in [0.25, 0.3) is 0 Å². The molecule has 0 N–H and O–H groups in total. The van der Waals surface area contributed by atoms with E-state index in [1.54, 1.807) is 6.92 Å². The minimum absolute atomic E-state index is 0.0301. The topological polar surface area (TPSA) is 40.6 Å². The summed E-state index contributed by atoms with van der Waals surface area (Å²) in [6.07, 6.45) is 2.77. The van der Waals surface area contributed by atoms with Crippen LogP contribution in [-0.2, 0) is 22.6 Å². The fourth-order valence-corrected chi connectivity index (χ4v) is 4.09. The van der Waals surface area contributed by atoms with Crippen LogP contribution in [0.5, 0.6) is 0 Å². The van der Waals surface area contributed by atoms with Gasteiger partial charge in [-0.2, -0.15) is 0 Å². The Morgan fingerprint density at radius 3 is 2.67 bits per heavy atom. The van der Waals surface area contributed by atoms with Crippen molar-refractivity contribution in [1.29, 1.82) is 0 Å². The molecule has 24 heavy (non-hydrogen) atoms. The van der Waals surface area contributed by atoms with Crippen LogP contribution in [0.1, 0.15) is 56.2 Å². The van der Waals surface area contributed by atoms with Gasteiger partial charge >= 0.3 is 0 Å². The Kier molecular flexibility index (Phi) is 4.93. The molecule has 4 nitrogen and oxygen atoms in total. The third-order valence-electron chi connectivity index (χ3n) is 5.45. The molecule has 2 aliphatic heterocycles. The molecule has 0 saturated carbocycles. The van der Waals surface area contributed by atoms with E-state index in [0.29, 0.717) is 19.0 Å². The summed E-state index contributed by atoms with van der Waals surface area (Å²) in [4.78, 5) is 28.4. The number of nitrogens with zero attached hydrogens (tertiary/aromatic N) is 2. The van der Waals surface area contributed by atoms with Crippen LogP contribution in [0.3, 0.4) is 0 Å². The average molecular weight is 328 g/mol. The Labute approximate surface area is 144 Å². The standard InChI is InChI=1S/C20H28N2O2/c1-14(2)18-8-4-6-16-12-22(11-9-19(16)18)20(24)17-7-5-10-21(13-17)15(3)23/h4,6,8,14,17H,5,7,9-13H2,1-3H3. The molecule has 1 atom stereocenters. The monoisotopic (exact) mass is 328 g/mol. The fraction of sp³-hybridized carbons (Fsp3) is 0.600. The van der Waals surface area contributed by atoms with Crippen molar-refractivity contribution in [2.75, 3.05) is 19.6 Å². The second-order valence-corrected chi connectivity index (χ2v) is 7.45. The lowest BCUT2D eigenvalue weighted by atomic mass is 9.88. The highest BCUT2D eigenvalue weighted by Gasteiger charge is 2.32. The molecule has 1 unspecified atom stereocenters. The molecule has 0 radical (unpaired) electrons. The molecule has 1 aromatic rings. The lowest BCUT2D eigenvalue weighted by Crippen LogP contribution is -2.47. The summed E-state index contributed by atoms with van der Waals surface area (Å²) in [5.74, 6) is 0.793. The maximum Gasteiger partial charge on any atom is 0.227 e. The first-order chi connectivity index (χ1) is 11.5. The lowest BCUT2D eigenvalue weighted by molar-refractivity contribution is -0.140. The van der Waals surface area contributed by atoms with Crippen molar-refractivity contribution in [3.05, 3.63) is 34.9 Å². The summed E-state index contributed by atoms with van der Waals surface area (Å²) >= 11 is 0. The minimum Gasteiger partial charge on any atom is -0.342 e. The van der Waals surface area contributed by atoms with Gasteiger partial charge in [-0.15, -0.1) is 0 Å². The number of carbonyl (C=O) groups is 2. The van der Waals surface area contributed by atoms with Crippen LogP contribution in [-0.4, -0.2) is 41.2 Å². The molecule has 2 amide bonds. The van der Waals surface area contributed by atoms with E-state index >= 15 is 0 Å². The number of benzene rings is 1. The van der Waals surface area contributed by atoms with Crippen molar-refractivity contribution in [2.45, 2.75) is 52.5 Å². The Bertz CT molecular complexity index is 639. The lowest BCUT2D eigenvalue weighted by Gasteiger charge is -2.37. The van der Waals surface area contributed by atoms with Crippen LogP contribution in [0, 0.1) is 5.92 Å². The van der Waals surface area contributed by atoms with E-state index in [2.05, 4.69) is 32.0 Å². The van der Waals surface area contributed by atoms with Gasteiger partial charge in [0.2, 0.25) is 11.8 Å². The summed E-state index contributed by atoms with van der Waals surface area (Å²) in [5.41, 5.74) is 4.14. The molecule has 1 saturated heterocycles. The van der Waals surface area contributed by atoms with Crippen LogP contribution in [0.4, 0.5) is 0 Å². The highest BCUT2D eigenvalue weighted by atomic mass is 16.2. The first kappa shape index (κ1) is 17.0. The average Bonchev–Trinajstić information content (AvgIpc) is 2.60. The van der Waals surface area contributed by atoms with Gasteiger partial charge in [0, 0.05) is 33.1 Å². The Morgan fingerprint density at radius 1 is 1.17 bits per heavy atom. The van der Waals surface area contributed by atoms with Gasteiger partial charge in [-0.25, -0.2) is 0 Å². The second kappa shape index (κ2) is 6.96. The molecule has 4 heteroatoms. The summed E-state index contributed by atoms with van der Waals surface area (Å²) in [5, 5.41) is 0. The van der Waals surface area contributed by atoms with E-state index in [4.69, 9.17) is 0 Å². The van der Waals surface area contributed by atoms with Crippen molar-refractivity contribution >= 4 is 11.8 Å². The molecule has 0 aromatic heterocycles. The summed E-state index contributed by atoms with van der Waals surface area (Å²) in [6.45, 7) is 8.94. The second-order valence-electron chi connectivity index (χ2n) is 7.45. The third kappa shape index (κ3) is 3.33. The van der Waals surface area contributed by atoms with E-state index in [-0.39, 0.29) is 17.7 Å². The smallest absolute Gasteiger partial charge is 0.227 e. The van der Waals surface area contributed by atoms with Crippen LogP contribution in [0.2, 0.25) is 0 Å². The van der Waals surface area contributed by atoms with Crippen molar-refractivity contribution in [3.8, 4) is 0 Å². The number of hydrogen-bond donors (Lipinski definition) is 0. The normalized spacial score (nSPS) is 20.9. The first-order valence-corrected chi connectivity index (χ1v) is 9.12. The quantitative estimate of drug-likeness (QED) is 0.837. The Morgan fingerprint density at radius 2 is 1.96 bits per heavy atom. The molecule has 1 fully saturated rings. The highest BCUT2D eigenvalue weighted by molar-refractivity contribution is 5.81. The molecule has 2 aliphatic rings. The summed E-state index contributed by atoms with van der Waals surface area (Å²) in [7, 11) is 0. The molecular weight excluding hydrogens is 300 g/mol. The number of piperidine rings is 1. The SMILES string of the molecule is CC(=O)N1CCCC(C(=O)N2CCc3c(cccc3C(C)C)C2)C1. The van der Waals surface area contributed by atoms with Gasteiger partial charge in [0.05, 0.1) is 5.92 Å². The van der Waals surface area contributed by atoms with Crippen LogP contribution in [0.15, 0.2) is 18.2 Å². The zero-order chi connectivity index (χ0) is 17.3. The number of rotatable bonds is 2. The fourth-order valence-electron chi connectivity index (χ4n) is 4.09. The van der Waals surface area contributed by atoms with E-state index in [9.17, 15) is 9.59 Å². The van der Waals surface area contributed by atoms with Crippen LogP contribution < -0.4 is 0 Å². The largest absolute Gasteiger partial charge is 0.342 e. The van der Waals surface area contributed by atoms with Crippen molar-refractivity contribution in [2.24, 2.45) is 5.92 Å². The maximum atomic E-state index is 12.9. The van der Waals surface area contributed by atoms with E-state index in [0.717, 1.165) is 32.4 Å². The number of hydrogen-bond acceptors (Lipinski definition) is 2. The minimum atomic E-state index is -0.0301. The zero-order valence-electron chi connectivity index (χ0n) is 15.0. The van der Waals surface area contributed by atoms with Crippen LogP contribution >= 0.6 is 0 Å². The number of likely N-dealkylation sites (tertiary alicyclic amines) is 1. The molecule has 0 spiro atoms.